The number of benzene rings is 1. The van der Waals surface area contributed by atoms with E-state index < -0.39 is 0 Å². The van der Waals surface area contributed by atoms with Gasteiger partial charge in [-0.3, -0.25) is 0 Å². The molecule has 0 aliphatic carbocycles. The lowest BCUT2D eigenvalue weighted by Crippen LogP contribution is -1.98. The van der Waals surface area contributed by atoms with E-state index in [0.717, 1.165) is 23.6 Å². The van der Waals surface area contributed by atoms with Gasteiger partial charge >= 0.3 is 0 Å². The smallest absolute Gasteiger partial charge is 0.133 e. The van der Waals surface area contributed by atoms with E-state index in [0.29, 0.717) is 5.92 Å². The van der Waals surface area contributed by atoms with Crippen molar-refractivity contribution in [3.05, 3.63) is 47.9 Å². The molecule has 0 atom stereocenters. The number of aryl methyl sites for hydroxylation is 1. The Balaban J connectivity index is 2.15. The van der Waals surface area contributed by atoms with Gasteiger partial charge in [0.2, 0.25) is 0 Å². The molecule has 0 aliphatic heterocycles. The number of aromatic nitrogens is 2. The van der Waals surface area contributed by atoms with Gasteiger partial charge in [0.25, 0.3) is 0 Å². The van der Waals surface area contributed by atoms with E-state index in [1.165, 1.54) is 5.56 Å². The Hall–Kier alpha value is -1.90. The first kappa shape index (κ1) is 12.6. The van der Waals surface area contributed by atoms with Gasteiger partial charge in [0.05, 0.1) is 0 Å². The van der Waals surface area contributed by atoms with Crippen LogP contribution in [0.4, 0.5) is 11.5 Å². The van der Waals surface area contributed by atoms with E-state index in [-0.39, 0.29) is 0 Å². The zero-order valence-electron chi connectivity index (χ0n) is 11.1. The molecule has 1 heterocycles. The molecule has 2 rings (SSSR count). The number of anilines is 2. The second-order valence-electron chi connectivity index (χ2n) is 4.66. The normalized spacial score (nSPS) is 10.7. The standard InChI is InChI=1S/C15H19N3/c1-4-12-5-7-13(8-6-12)18-15-9-14(11(2)3)16-10-17-15/h5-11H,4H2,1-3H3,(H,16,17,18). The molecule has 1 aromatic carbocycles. The monoisotopic (exact) mass is 241 g/mol. The maximum atomic E-state index is 4.26. The van der Waals surface area contributed by atoms with E-state index in [9.17, 15) is 0 Å². The highest BCUT2D eigenvalue weighted by molar-refractivity contribution is 5.56. The van der Waals surface area contributed by atoms with Gasteiger partial charge in [0.1, 0.15) is 12.1 Å². The molecule has 2 aromatic rings. The summed E-state index contributed by atoms with van der Waals surface area (Å²) in [6.07, 6.45) is 2.67. The number of nitrogens with zero attached hydrogens (tertiary/aromatic N) is 2. The third-order valence-electron chi connectivity index (χ3n) is 2.91. The molecule has 3 nitrogen and oxygen atoms in total. The molecule has 1 aromatic heterocycles. The van der Waals surface area contributed by atoms with Gasteiger partial charge in [-0.1, -0.05) is 32.9 Å². The van der Waals surface area contributed by atoms with Crippen molar-refractivity contribution in [1.82, 2.24) is 9.97 Å². The van der Waals surface area contributed by atoms with E-state index in [2.05, 4.69) is 60.3 Å². The van der Waals surface area contributed by atoms with E-state index in [4.69, 9.17) is 0 Å². The highest BCUT2D eigenvalue weighted by Gasteiger charge is 2.03. The van der Waals surface area contributed by atoms with Gasteiger partial charge in [-0.15, -0.1) is 0 Å². The fourth-order valence-corrected chi connectivity index (χ4v) is 1.73. The summed E-state index contributed by atoms with van der Waals surface area (Å²) >= 11 is 0. The second kappa shape index (κ2) is 5.63. The lowest BCUT2D eigenvalue weighted by atomic mass is 10.1. The summed E-state index contributed by atoms with van der Waals surface area (Å²) in [4.78, 5) is 8.49. The SMILES string of the molecule is CCc1ccc(Nc2cc(C(C)C)ncn2)cc1. The molecule has 18 heavy (non-hydrogen) atoms. The van der Waals surface area contributed by atoms with Crippen LogP contribution in [-0.2, 0) is 6.42 Å². The van der Waals surface area contributed by atoms with Crippen LogP contribution in [0.15, 0.2) is 36.7 Å². The largest absolute Gasteiger partial charge is 0.340 e. The second-order valence-corrected chi connectivity index (χ2v) is 4.66. The minimum absolute atomic E-state index is 0.413. The molecule has 0 fully saturated rings. The molecule has 0 saturated heterocycles. The summed E-state index contributed by atoms with van der Waals surface area (Å²) in [5, 5.41) is 3.30. The van der Waals surface area contributed by atoms with E-state index in [1.54, 1.807) is 6.33 Å². The van der Waals surface area contributed by atoms with E-state index >= 15 is 0 Å². The number of rotatable bonds is 4. The molecular weight excluding hydrogens is 222 g/mol. The summed E-state index contributed by atoms with van der Waals surface area (Å²) in [5.41, 5.74) is 3.45. The van der Waals surface area contributed by atoms with Crippen LogP contribution in [0.5, 0.6) is 0 Å². The minimum Gasteiger partial charge on any atom is -0.340 e. The van der Waals surface area contributed by atoms with E-state index in [1.807, 2.05) is 6.07 Å². The predicted octanol–water partition coefficient (Wildman–Crippen LogP) is 3.91. The molecule has 0 unspecified atom stereocenters. The third kappa shape index (κ3) is 3.06. The Kier molecular flexibility index (Phi) is 3.92. The van der Waals surface area contributed by atoms with Crippen molar-refractivity contribution in [2.45, 2.75) is 33.1 Å². The number of nitrogens with one attached hydrogen (secondary N) is 1. The first-order valence-corrected chi connectivity index (χ1v) is 6.37. The molecule has 94 valence electrons. The lowest BCUT2D eigenvalue weighted by molar-refractivity contribution is 0.815. The summed E-state index contributed by atoms with van der Waals surface area (Å²) < 4.78 is 0. The molecule has 0 spiro atoms. The first-order valence-electron chi connectivity index (χ1n) is 6.37. The van der Waals surface area contributed by atoms with Gasteiger partial charge in [-0.25, -0.2) is 9.97 Å². The molecule has 0 aliphatic rings. The lowest BCUT2D eigenvalue weighted by Gasteiger charge is -2.09. The summed E-state index contributed by atoms with van der Waals surface area (Å²) in [7, 11) is 0. The van der Waals surface area contributed by atoms with Crippen LogP contribution in [0.1, 0.15) is 37.9 Å². The molecule has 0 radical (unpaired) electrons. The van der Waals surface area contributed by atoms with Gasteiger partial charge in [-0.2, -0.15) is 0 Å². The molecule has 0 saturated carbocycles. The summed E-state index contributed by atoms with van der Waals surface area (Å²) in [6, 6.07) is 10.4. The van der Waals surface area contributed by atoms with Gasteiger partial charge in [0, 0.05) is 17.4 Å². The van der Waals surface area contributed by atoms with Crippen LogP contribution < -0.4 is 5.32 Å². The van der Waals surface area contributed by atoms with Crippen molar-refractivity contribution in [3.8, 4) is 0 Å². The fraction of sp³-hybridized carbons (Fsp3) is 0.333. The van der Waals surface area contributed by atoms with Crippen LogP contribution >= 0.6 is 0 Å². The Bertz CT molecular complexity index is 503. The Labute approximate surface area is 108 Å². The average molecular weight is 241 g/mol. The highest BCUT2D eigenvalue weighted by Crippen LogP contribution is 2.18. The molecular formula is C15H19N3. The van der Waals surface area contributed by atoms with Crippen molar-refractivity contribution in [2.75, 3.05) is 5.32 Å². The van der Waals surface area contributed by atoms with Crippen molar-refractivity contribution >= 4 is 11.5 Å². The molecule has 3 heteroatoms. The van der Waals surface area contributed by atoms with Crippen LogP contribution in [0.2, 0.25) is 0 Å². The zero-order chi connectivity index (χ0) is 13.0. The summed E-state index contributed by atoms with van der Waals surface area (Å²) in [5.74, 6) is 1.26. The van der Waals surface area contributed by atoms with Crippen LogP contribution in [-0.4, -0.2) is 9.97 Å². The van der Waals surface area contributed by atoms with Crippen LogP contribution in [0, 0.1) is 0 Å². The van der Waals surface area contributed by atoms with Crippen molar-refractivity contribution in [3.63, 3.8) is 0 Å². The maximum absolute atomic E-state index is 4.26. The highest BCUT2D eigenvalue weighted by atomic mass is 15.0. The Morgan fingerprint density at radius 3 is 2.44 bits per heavy atom. The van der Waals surface area contributed by atoms with Gasteiger partial charge in [-0.05, 0) is 30.0 Å². The molecule has 1 N–H and O–H groups in total. The van der Waals surface area contributed by atoms with Gasteiger partial charge in [0.15, 0.2) is 0 Å². The fourth-order valence-electron chi connectivity index (χ4n) is 1.73. The van der Waals surface area contributed by atoms with Crippen molar-refractivity contribution < 1.29 is 0 Å². The third-order valence-corrected chi connectivity index (χ3v) is 2.91. The minimum atomic E-state index is 0.413. The molecule has 0 amide bonds. The zero-order valence-corrected chi connectivity index (χ0v) is 11.1. The van der Waals surface area contributed by atoms with Crippen LogP contribution in [0.25, 0.3) is 0 Å². The van der Waals surface area contributed by atoms with Crippen molar-refractivity contribution in [1.29, 1.82) is 0 Å². The predicted molar refractivity (Wildman–Crippen MR) is 75.2 cm³/mol. The Morgan fingerprint density at radius 1 is 1.11 bits per heavy atom. The quantitative estimate of drug-likeness (QED) is 0.882. The summed E-state index contributed by atoms with van der Waals surface area (Å²) in [6.45, 7) is 6.41. The van der Waals surface area contributed by atoms with Crippen LogP contribution in [0.3, 0.4) is 0 Å². The Morgan fingerprint density at radius 2 is 1.83 bits per heavy atom. The maximum Gasteiger partial charge on any atom is 0.133 e. The topological polar surface area (TPSA) is 37.8 Å². The average Bonchev–Trinajstić information content (AvgIpc) is 2.40. The number of hydrogen-bond donors (Lipinski definition) is 1. The first-order chi connectivity index (χ1) is 8.69. The van der Waals surface area contributed by atoms with Gasteiger partial charge < -0.3 is 5.32 Å². The number of hydrogen-bond acceptors (Lipinski definition) is 3. The molecule has 0 bridgehead atoms. The van der Waals surface area contributed by atoms with Crippen molar-refractivity contribution in [2.24, 2.45) is 0 Å².